The molecule has 1 aliphatic heterocycles. The second-order valence-corrected chi connectivity index (χ2v) is 8.77. The van der Waals surface area contributed by atoms with Crippen molar-refractivity contribution in [3.63, 3.8) is 0 Å². The van der Waals surface area contributed by atoms with E-state index in [1.807, 2.05) is 66.4 Å². The number of β-amino-alcohol motifs (C(OH)–C–C–N with tert-alkyl or cyclic N) is 1. The van der Waals surface area contributed by atoms with Gasteiger partial charge in [-0.2, -0.15) is 4.98 Å². The Morgan fingerprint density at radius 1 is 1.06 bits per heavy atom. The monoisotopic (exact) mass is 475 g/mol. The van der Waals surface area contributed by atoms with Crippen molar-refractivity contribution in [2.45, 2.75) is 39.0 Å². The number of hydrogen-bond acceptors (Lipinski definition) is 6. The maximum atomic E-state index is 13.5. The van der Waals surface area contributed by atoms with Crippen LogP contribution in [0.5, 0.6) is 5.75 Å². The van der Waals surface area contributed by atoms with Crippen LogP contribution in [0.25, 0.3) is 11.2 Å². The molecule has 0 bridgehead atoms. The zero-order valence-electron chi connectivity index (χ0n) is 19.9. The molecular weight excluding hydrogens is 446 g/mol. The fraction of sp³-hybridized carbons (Fsp3) is 0.346. The second kappa shape index (κ2) is 9.42. The van der Waals surface area contributed by atoms with Gasteiger partial charge in [-0.3, -0.25) is 13.9 Å². The van der Waals surface area contributed by atoms with Gasteiger partial charge in [-0.25, -0.2) is 4.79 Å². The van der Waals surface area contributed by atoms with Gasteiger partial charge in [0.15, 0.2) is 11.2 Å². The van der Waals surface area contributed by atoms with E-state index in [2.05, 4.69) is 0 Å². The largest absolute Gasteiger partial charge is 0.494 e. The second-order valence-electron chi connectivity index (χ2n) is 8.77. The molecule has 0 aliphatic carbocycles. The van der Waals surface area contributed by atoms with Crippen molar-refractivity contribution in [3.8, 4) is 5.75 Å². The average molecular weight is 476 g/mol. The molecular formula is C26H29N5O4. The third-order valence-electron chi connectivity index (χ3n) is 6.39. The van der Waals surface area contributed by atoms with E-state index in [0.29, 0.717) is 43.2 Å². The molecule has 0 fully saturated rings. The highest BCUT2D eigenvalue weighted by Crippen LogP contribution is 2.32. The van der Waals surface area contributed by atoms with Crippen LogP contribution in [0.4, 0.5) is 11.6 Å². The minimum atomic E-state index is -0.699. The summed E-state index contributed by atoms with van der Waals surface area (Å²) in [6, 6.07) is 17.5. The normalized spacial score (nSPS) is 15.4. The topological polar surface area (TPSA) is 94.5 Å². The molecule has 4 aromatic rings. The summed E-state index contributed by atoms with van der Waals surface area (Å²) in [6.07, 6.45) is 0.727. The number of nitrogens with zero attached hydrogens (tertiary/aromatic N) is 5. The Hall–Kier alpha value is -3.85. The molecule has 2 aromatic carbocycles. The highest BCUT2D eigenvalue weighted by Gasteiger charge is 2.30. The molecule has 0 amide bonds. The molecule has 1 N–H and O–H groups in total. The zero-order chi connectivity index (χ0) is 24.5. The third kappa shape index (κ3) is 4.23. The van der Waals surface area contributed by atoms with Gasteiger partial charge in [-0.1, -0.05) is 30.3 Å². The summed E-state index contributed by atoms with van der Waals surface area (Å²) in [6.45, 7) is 3.37. The minimum absolute atomic E-state index is 0.233. The standard InChI is InChI=1S/C26H29N5O4/c1-3-35-21-13-11-19(12-14-21)30-16-20(32)17-31-22-23(27-25(30)31)28(2)26(34)29(24(22)33)15-7-10-18-8-5-4-6-9-18/h4-6,8-9,11-14,20,32H,3,7,10,15-17H2,1-2H3/t20-/m0/s1. The number of rotatable bonds is 7. The van der Waals surface area contributed by atoms with Crippen LogP contribution >= 0.6 is 0 Å². The quantitative estimate of drug-likeness (QED) is 0.441. The minimum Gasteiger partial charge on any atom is -0.494 e. The van der Waals surface area contributed by atoms with Gasteiger partial charge in [-0.15, -0.1) is 0 Å². The predicted octanol–water partition coefficient (Wildman–Crippen LogP) is 2.44. The summed E-state index contributed by atoms with van der Waals surface area (Å²) in [7, 11) is 1.63. The van der Waals surface area contributed by atoms with Crippen molar-refractivity contribution in [2.24, 2.45) is 7.05 Å². The van der Waals surface area contributed by atoms with Crippen LogP contribution < -0.4 is 20.9 Å². The van der Waals surface area contributed by atoms with Crippen molar-refractivity contribution in [3.05, 3.63) is 81.0 Å². The molecule has 9 heteroatoms. The first kappa shape index (κ1) is 22.9. The number of benzene rings is 2. The zero-order valence-corrected chi connectivity index (χ0v) is 19.9. The Labute approximate surface area is 202 Å². The molecule has 0 saturated heterocycles. The first-order valence-corrected chi connectivity index (χ1v) is 11.9. The Morgan fingerprint density at radius 3 is 2.51 bits per heavy atom. The average Bonchev–Trinajstić information content (AvgIpc) is 3.25. The van der Waals surface area contributed by atoms with Crippen molar-refractivity contribution >= 4 is 22.8 Å². The van der Waals surface area contributed by atoms with Crippen LogP contribution in [0.2, 0.25) is 0 Å². The first-order valence-electron chi connectivity index (χ1n) is 11.9. The van der Waals surface area contributed by atoms with Crippen LogP contribution in [0.1, 0.15) is 18.9 Å². The van der Waals surface area contributed by atoms with Crippen molar-refractivity contribution in [1.29, 1.82) is 0 Å². The van der Waals surface area contributed by atoms with Gasteiger partial charge in [0.25, 0.3) is 5.56 Å². The third-order valence-corrected chi connectivity index (χ3v) is 6.39. The Balaban J connectivity index is 1.54. The fourth-order valence-electron chi connectivity index (χ4n) is 4.69. The first-order chi connectivity index (χ1) is 17.0. The van der Waals surface area contributed by atoms with Gasteiger partial charge in [0.05, 0.1) is 25.8 Å². The maximum absolute atomic E-state index is 13.5. The molecule has 3 heterocycles. The Bertz CT molecular complexity index is 1450. The molecule has 35 heavy (non-hydrogen) atoms. The van der Waals surface area contributed by atoms with Crippen molar-refractivity contribution < 1.29 is 9.84 Å². The molecule has 1 aliphatic rings. The molecule has 0 unspecified atom stereocenters. The number of fused-ring (bicyclic) bond motifs is 3. The van der Waals surface area contributed by atoms with Gasteiger partial charge in [-0.05, 0) is 49.6 Å². The number of hydrogen-bond donors (Lipinski definition) is 1. The Morgan fingerprint density at radius 2 is 1.80 bits per heavy atom. The SMILES string of the molecule is CCOc1ccc(N2C[C@H](O)Cn3c2nc2c3c(=O)n(CCCc3ccccc3)c(=O)n2C)cc1. The highest BCUT2D eigenvalue weighted by atomic mass is 16.5. The number of imidazole rings is 1. The summed E-state index contributed by atoms with van der Waals surface area (Å²) in [4.78, 5) is 33.1. The van der Waals surface area contributed by atoms with Gasteiger partial charge >= 0.3 is 5.69 Å². The van der Waals surface area contributed by atoms with E-state index in [9.17, 15) is 14.7 Å². The van der Waals surface area contributed by atoms with E-state index in [-0.39, 0.29) is 17.8 Å². The van der Waals surface area contributed by atoms with E-state index in [1.54, 1.807) is 11.6 Å². The lowest BCUT2D eigenvalue weighted by Gasteiger charge is -2.32. The summed E-state index contributed by atoms with van der Waals surface area (Å²) in [5.41, 5.74) is 1.86. The van der Waals surface area contributed by atoms with Crippen molar-refractivity contribution in [1.82, 2.24) is 18.7 Å². The molecule has 0 spiro atoms. The van der Waals surface area contributed by atoms with Crippen LogP contribution in [-0.4, -0.2) is 43.0 Å². The lowest BCUT2D eigenvalue weighted by Crippen LogP contribution is -2.41. The Kier molecular flexibility index (Phi) is 6.17. The molecule has 182 valence electrons. The van der Waals surface area contributed by atoms with E-state index >= 15 is 0 Å². The van der Waals surface area contributed by atoms with Gasteiger partial charge in [0.2, 0.25) is 5.95 Å². The van der Waals surface area contributed by atoms with E-state index < -0.39 is 6.10 Å². The molecule has 0 radical (unpaired) electrons. The summed E-state index contributed by atoms with van der Waals surface area (Å²) in [5.74, 6) is 1.28. The summed E-state index contributed by atoms with van der Waals surface area (Å²) in [5, 5.41) is 10.7. The number of aryl methyl sites for hydroxylation is 2. The van der Waals surface area contributed by atoms with E-state index in [4.69, 9.17) is 9.72 Å². The summed E-state index contributed by atoms with van der Waals surface area (Å²) >= 11 is 0. The number of anilines is 2. The smallest absolute Gasteiger partial charge is 0.332 e. The lowest BCUT2D eigenvalue weighted by molar-refractivity contribution is 0.154. The maximum Gasteiger partial charge on any atom is 0.332 e. The fourth-order valence-corrected chi connectivity index (χ4v) is 4.69. The lowest BCUT2D eigenvalue weighted by atomic mass is 10.1. The van der Waals surface area contributed by atoms with Crippen LogP contribution in [0, 0.1) is 0 Å². The molecule has 9 nitrogen and oxygen atoms in total. The van der Waals surface area contributed by atoms with E-state index in [0.717, 1.165) is 23.4 Å². The van der Waals surface area contributed by atoms with Crippen LogP contribution in [0.15, 0.2) is 64.2 Å². The van der Waals surface area contributed by atoms with E-state index in [1.165, 1.54) is 9.13 Å². The summed E-state index contributed by atoms with van der Waals surface area (Å²) < 4.78 is 9.97. The number of aromatic nitrogens is 4. The number of aliphatic hydroxyl groups is 1. The molecule has 0 saturated carbocycles. The van der Waals surface area contributed by atoms with Crippen LogP contribution in [0.3, 0.4) is 0 Å². The predicted molar refractivity (Wildman–Crippen MR) is 135 cm³/mol. The van der Waals surface area contributed by atoms with Gasteiger partial charge < -0.3 is 19.3 Å². The number of ether oxygens (including phenoxy) is 1. The number of aliphatic hydroxyl groups excluding tert-OH is 1. The molecule has 2 aromatic heterocycles. The van der Waals surface area contributed by atoms with Gasteiger partial charge in [0, 0.05) is 19.3 Å². The molecule has 1 atom stereocenters. The molecule has 5 rings (SSSR count). The highest BCUT2D eigenvalue weighted by molar-refractivity contribution is 5.77. The van der Waals surface area contributed by atoms with Crippen LogP contribution in [-0.2, 0) is 26.6 Å². The van der Waals surface area contributed by atoms with Crippen molar-refractivity contribution in [2.75, 3.05) is 18.1 Å². The van der Waals surface area contributed by atoms with Gasteiger partial charge in [0.1, 0.15) is 5.75 Å².